The first-order valence-electron chi connectivity index (χ1n) is 16.1. The molecule has 3 fully saturated rings. The summed E-state index contributed by atoms with van der Waals surface area (Å²) in [6.07, 6.45) is 1.04. The van der Waals surface area contributed by atoms with Crippen molar-refractivity contribution in [1.82, 2.24) is 0 Å². The monoisotopic (exact) mass is 767 g/mol. The van der Waals surface area contributed by atoms with Crippen molar-refractivity contribution in [3.05, 3.63) is 97.9 Å². The van der Waals surface area contributed by atoms with Gasteiger partial charge < -0.3 is 14.7 Å². The average Bonchev–Trinajstić information content (AvgIpc) is 3.45. The maximum atomic E-state index is 14.5. The van der Waals surface area contributed by atoms with Crippen LogP contribution in [-0.2, 0) is 19.2 Å². The van der Waals surface area contributed by atoms with Crippen molar-refractivity contribution in [2.75, 3.05) is 35.9 Å². The fraction of sp³-hybridized carbons (Fsp3) is 0.314. The van der Waals surface area contributed by atoms with Gasteiger partial charge in [-0.15, -0.1) is 23.2 Å². The fourth-order valence-corrected chi connectivity index (χ4v) is 9.27. The van der Waals surface area contributed by atoms with E-state index < -0.39 is 96.2 Å². The number of phenols is 1. The summed E-state index contributed by atoms with van der Waals surface area (Å²) in [5, 5.41) is 35.5. The van der Waals surface area contributed by atoms with Crippen LogP contribution in [0.3, 0.4) is 0 Å². The molecule has 53 heavy (non-hydrogen) atoms. The zero-order chi connectivity index (χ0) is 38.5. The molecule has 6 atom stereocenters. The van der Waals surface area contributed by atoms with Crippen LogP contribution in [0.25, 0.3) is 0 Å². The first-order chi connectivity index (χ1) is 25.0. The van der Waals surface area contributed by atoms with Gasteiger partial charge in [0.1, 0.15) is 17.3 Å². The summed E-state index contributed by atoms with van der Waals surface area (Å²) in [5.74, 6) is -9.24. The summed E-state index contributed by atoms with van der Waals surface area (Å²) in [5.41, 5.74) is -1.90. The number of anilines is 3. The van der Waals surface area contributed by atoms with Crippen molar-refractivity contribution in [2.45, 2.75) is 28.5 Å². The third kappa shape index (κ3) is 4.91. The number of nitro groups is 2. The highest BCUT2D eigenvalue weighted by Gasteiger charge is 2.77. The Balaban J connectivity index is 1.40. The summed E-state index contributed by atoms with van der Waals surface area (Å²) in [7, 11) is 4.10. The number of allylic oxidation sites excluding steroid dienone is 2. The van der Waals surface area contributed by atoms with Crippen molar-refractivity contribution in [3.63, 3.8) is 0 Å². The molecule has 1 saturated carbocycles. The van der Waals surface area contributed by atoms with Gasteiger partial charge in [0, 0.05) is 37.7 Å². The van der Waals surface area contributed by atoms with E-state index in [0.29, 0.717) is 10.5 Å². The molecular formula is C35H28Cl2FN5O10. The van der Waals surface area contributed by atoms with Gasteiger partial charge in [0.15, 0.2) is 15.4 Å². The van der Waals surface area contributed by atoms with Crippen LogP contribution in [-0.4, -0.2) is 69.5 Å². The van der Waals surface area contributed by atoms with Gasteiger partial charge in [-0.3, -0.25) is 39.4 Å². The number of alkyl halides is 2. The average molecular weight is 769 g/mol. The largest absolute Gasteiger partial charge is 0.508 e. The molecule has 2 heterocycles. The molecule has 4 aliphatic rings. The molecule has 15 nitrogen and oxygen atoms in total. The van der Waals surface area contributed by atoms with Crippen LogP contribution in [0, 0.1) is 43.8 Å². The molecule has 4 amide bonds. The number of nitrogens with zero attached hydrogens (tertiary/aromatic N) is 5. The normalized spacial score (nSPS) is 27.6. The van der Waals surface area contributed by atoms with Gasteiger partial charge in [0.2, 0.25) is 11.8 Å². The Morgan fingerprint density at radius 2 is 1.51 bits per heavy atom. The number of fused-ring (bicyclic) bond motifs is 4. The summed E-state index contributed by atoms with van der Waals surface area (Å²) in [4.78, 5) is 78.0. The quantitative estimate of drug-likeness (QED) is 0.109. The molecule has 274 valence electrons. The highest BCUT2D eigenvalue weighted by molar-refractivity contribution is 6.58. The minimum atomic E-state index is -2.34. The van der Waals surface area contributed by atoms with Crippen LogP contribution in [0.15, 0.2) is 66.2 Å². The highest BCUT2D eigenvalue weighted by atomic mass is 35.5. The van der Waals surface area contributed by atoms with Crippen LogP contribution < -0.4 is 19.4 Å². The number of carbonyl (C=O) groups excluding carboxylic acids is 4. The second-order valence-electron chi connectivity index (χ2n) is 13.4. The van der Waals surface area contributed by atoms with Crippen LogP contribution in [0.2, 0.25) is 0 Å². The smallest absolute Gasteiger partial charge is 0.301 e. The second-order valence-corrected chi connectivity index (χ2v) is 14.7. The van der Waals surface area contributed by atoms with Crippen molar-refractivity contribution in [3.8, 4) is 11.5 Å². The minimum Gasteiger partial charge on any atom is -0.508 e. The van der Waals surface area contributed by atoms with Gasteiger partial charge >= 0.3 is 11.4 Å². The van der Waals surface area contributed by atoms with E-state index in [-0.39, 0.29) is 34.9 Å². The summed E-state index contributed by atoms with van der Waals surface area (Å²) in [6, 6.07) is 10.4. The zero-order valence-corrected chi connectivity index (χ0v) is 29.5. The molecule has 3 aromatic carbocycles. The molecule has 0 radical (unpaired) electrons. The molecule has 7 rings (SSSR count). The van der Waals surface area contributed by atoms with Crippen molar-refractivity contribution in [1.29, 1.82) is 0 Å². The van der Waals surface area contributed by atoms with E-state index in [4.69, 9.17) is 27.9 Å². The number of methoxy groups -OCH3 is 1. The molecule has 2 aliphatic heterocycles. The molecular weight excluding hydrogens is 740 g/mol. The molecule has 2 saturated heterocycles. The molecule has 0 spiro atoms. The highest BCUT2D eigenvalue weighted by Crippen LogP contribution is 2.66. The number of carbonyl (C=O) groups is 4. The zero-order valence-electron chi connectivity index (χ0n) is 28.0. The lowest BCUT2D eigenvalue weighted by molar-refractivity contribution is -0.392. The number of nitro benzene ring substituents is 2. The maximum absolute atomic E-state index is 14.5. The predicted octanol–water partition coefficient (Wildman–Crippen LogP) is 5.19. The number of amides is 4. The fourth-order valence-electron chi connectivity index (χ4n) is 8.34. The summed E-state index contributed by atoms with van der Waals surface area (Å²) >= 11 is 14.7. The third-order valence-electron chi connectivity index (χ3n) is 10.6. The van der Waals surface area contributed by atoms with E-state index >= 15 is 0 Å². The number of ether oxygens (including phenoxy) is 1. The lowest BCUT2D eigenvalue weighted by atomic mass is 9.56. The van der Waals surface area contributed by atoms with Crippen LogP contribution in [0.4, 0.5) is 32.8 Å². The Bertz CT molecular complexity index is 2180. The Morgan fingerprint density at radius 1 is 0.887 bits per heavy atom. The predicted molar refractivity (Wildman–Crippen MR) is 188 cm³/mol. The van der Waals surface area contributed by atoms with E-state index in [2.05, 4.69) is 0 Å². The minimum absolute atomic E-state index is 0.0278. The first-order valence-corrected chi connectivity index (χ1v) is 16.8. The summed E-state index contributed by atoms with van der Waals surface area (Å²) < 4.78 is 19.3. The molecule has 0 aromatic heterocycles. The van der Waals surface area contributed by atoms with E-state index in [0.717, 1.165) is 29.2 Å². The van der Waals surface area contributed by atoms with Gasteiger partial charge in [-0.25, -0.2) is 14.2 Å². The maximum Gasteiger partial charge on any atom is 0.301 e. The van der Waals surface area contributed by atoms with Gasteiger partial charge in [0.25, 0.3) is 11.8 Å². The van der Waals surface area contributed by atoms with Crippen LogP contribution >= 0.6 is 23.2 Å². The lowest BCUT2D eigenvalue weighted by Crippen LogP contribution is -2.60. The van der Waals surface area contributed by atoms with Gasteiger partial charge in [-0.2, -0.15) is 0 Å². The van der Waals surface area contributed by atoms with Crippen molar-refractivity contribution in [2.24, 2.45) is 17.8 Å². The standard InChI is InChI=1S/C35H28Cl2FN5O10/c1-39(2)29-24(42(49)50)12-18(13-25(29)43(51)52)40-30(45)21-10-9-20-23(27(21)31(40)46)15-34(36)32(47)41(17-6-4-16(38)5-7-17)33(48)35(34,37)28(20)22-14-19(53-3)8-11-26(22)44/h4-9,11-14,21,23,27-28,44H,10,15H2,1-3H3. The van der Waals surface area contributed by atoms with E-state index in [1.807, 2.05) is 0 Å². The number of imide groups is 2. The molecule has 2 aliphatic carbocycles. The Kier molecular flexibility index (Phi) is 8.26. The molecule has 0 bridgehead atoms. The molecule has 6 unspecified atom stereocenters. The SMILES string of the molecule is COc1ccc(O)c(C2C3=CCC4C(=O)N(c5cc([N+](=O)[O-])c(N(C)C)c([N+](=O)[O-])c5)C(=O)C4C3CC3(Cl)C(=O)N(c4ccc(F)cc4)C(=O)C23Cl)c1. The number of rotatable bonds is 7. The third-order valence-corrected chi connectivity index (χ3v) is 12.0. The molecule has 18 heteroatoms. The Labute approximate surface area is 309 Å². The first kappa shape index (κ1) is 35.8. The van der Waals surface area contributed by atoms with Gasteiger partial charge in [-0.1, -0.05) is 11.6 Å². The molecule has 3 aromatic rings. The molecule has 1 N–H and O–H groups in total. The topological polar surface area (TPSA) is 194 Å². The number of aromatic hydroxyl groups is 1. The number of phenolic OH excluding ortho intramolecular Hbond substituents is 1. The second kappa shape index (κ2) is 12.2. The van der Waals surface area contributed by atoms with E-state index in [1.54, 1.807) is 6.08 Å². The number of hydrogen-bond acceptors (Lipinski definition) is 11. The Morgan fingerprint density at radius 3 is 2.08 bits per heavy atom. The van der Waals surface area contributed by atoms with Gasteiger partial charge in [0.05, 0.1) is 40.2 Å². The van der Waals surface area contributed by atoms with E-state index in [1.165, 1.54) is 56.4 Å². The van der Waals surface area contributed by atoms with Crippen LogP contribution in [0.1, 0.15) is 24.3 Å². The van der Waals surface area contributed by atoms with Crippen molar-refractivity contribution < 1.29 is 43.3 Å². The van der Waals surface area contributed by atoms with Gasteiger partial charge in [-0.05, 0) is 61.2 Å². The number of halogens is 3. The Hall–Kier alpha value is -5.61. The van der Waals surface area contributed by atoms with E-state index in [9.17, 15) is 48.9 Å². The number of benzene rings is 3. The van der Waals surface area contributed by atoms with Crippen molar-refractivity contribution >= 4 is 75.3 Å². The summed E-state index contributed by atoms with van der Waals surface area (Å²) in [6.45, 7) is 0. The number of hydrogen-bond donors (Lipinski definition) is 1. The van der Waals surface area contributed by atoms with Crippen LogP contribution in [0.5, 0.6) is 11.5 Å². The lowest BCUT2D eigenvalue weighted by Gasteiger charge is -2.50.